The van der Waals surface area contributed by atoms with Crippen molar-refractivity contribution < 1.29 is 5.21 Å². The molecule has 19 heavy (non-hydrogen) atoms. The largest absolute Gasteiger partial charge is 0.733 e. The summed E-state index contributed by atoms with van der Waals surface area (Å²) in [5, 5.41) is 20.0. The minimum Gasteiger partial charge on any atom is -0.733 e. The molecule has 5 nitrogen and oxygen atoms in total. The number of hydrogen-bond donors (Lipinski definition) is 1. The Bertz CT molecular complexity index is 707. The molecule has 0 radical (unpaired) electrons. The quantitative estimate of drug-likeness (QED) is 0.559. The summed E-state index contributed by atoms with van der Waals surface area (Å²) in [6, 6.07) is 11.0. The molecule has 1 N–H and O–H groups in total. The van der Waals surface area contributed by atoms with Gasteiger partial charge in [0, 0.05) is 21.5 Å². The van der Waals surface area contributed by atoms with Crippen LogP contribution >= 0.6 is 22.6 Å². The van der Waals surface area contributed by atoms with Crippen molar-refractivity contribution in [3.63, 3.8) is 0 Å². The van der Waals surface area contributed by atoms with Crippen molar-refractivity contribution in [1.82, 2.24) is 9.38 Å². The van der Waals surface area contributed by atoms with Gasteiger partial charge in [0.25, 0.3) is 0 Å². The molecule has 3 aromatic rings. The molecule has 0 fully saturated rings. The molecule has 0 bridgehead atoms. The number of nitrogens with zero attached hydrogens (tertiary/aromatic N) is 3. The van der Waals surface area contributed by atoms with Crippen molar-refractivity contribution in [2.45, 2.75) is 0 Å². The van der Waals surface area contributed by atoms with Crippen LogP contribution in [0, 0.1) is 8.78 Å². The summed E-state index contributed by atoms with van der Waals surface area (Å²) < 4.78 is 2.59. The lowest BCUT2D eigenvalue weighted by atomic mass is 10.1. The molecule has 96 valence electrons. The summed E-state index contributed by atoms with van der Waals surface area (Å²) in [5.74, 6) is 0. The number of pyridine rings is 1. The molecule has 0 spiro atoms. The fourth-order valence-corrected chi connectivity index (χ4v) is 2.43. The second kappa shape index (κ2) is 4.80. The van der Waals surface area contributed by atoms with E-state index in [4.69, 9.17) is 5.21 Å². The number of imidazole rings is 1. The minimum atomic E-state index is -0.124. The van der Waals surface area contributed by atoms with Crippen LogP contribution < -0.4 is 5.23 Å². The number of anilines is 1. The average Bonchev–Trinajstić information content (AvgIpc) is 2.82. The van der Waals surface area contributed by atoms with Crippen molar-refractivity contribution in [3.05, 3.63) is 57.6 Å². The van der Waals surface area contributed by atoms with E-state index in [0.717, 1.165) is 16.9 Å². The number of fused-ring (bicyclic) bond motifs is 1. The lowest BCUT2D eigenvalue weighted by Gasteiger charge is -2.23. The van der Waals surface area contributed by atoms with Gasteiger partial charge < -0.3 is 14.8 Å². The van der Waals surface area contributed by atoms with Crippen molar-refractivity contribution in [2.75, 3.05) is 5.23 Å². The van der Waals surface area contributed by atoms with E-state index in [0.29, 0.717) is 3.57 Å². The lowest BCUT2D eigenvalue weighted by molar-refractivity contribution is 0.296. The smallest absolute Gasteiger partial charge is 0.137 e. The molecule has 0 atom stereocenters. The number of benzene rings is 1. The van der Waals surface area contributed by atoms with Crippen LogP contribution in [0.15, 0.2) is 48.8 Å². The van der Waals surface area contributed by atoms with Crippen molar-refractivity contribution >= 4 is 33.9 Å². The van der Waals surface area contributed by atoms with Crippen LogP contribution in [0.4, 0.5) is 5.69 Å². The number of halogens is 1. The Balaban J connectivity index is 2.13. The van der Waals surface area contributed by atoms with Gasteiger partial charge in [0.1, 0.15) is 5.65 Å². The average molecular weight is 366 g/mol. The maximum Gasteiger partial charge on any atom is 0.137 e. The molecular weight excluding hydrogens is 357 g/mol. The third-order valence-corrected chi connectivity index (χ3v) is 3.72. The Hall–Kier alpha value is -1.64. The van der Waals surface area contributed by atoms with Gasteiger partial charge in [-0.2, -0.15) is 0 Å². The number of hydrogen-bond acceptors (Lipinski definition) is 4. The van der Waals surface area contributed by atoms with E-state index in [1.165, 1.54) is 0 Å². The highest BCUT2D eigenvalue weighted by atomic mass is 127. The lowest BCUT2D eigenvalue weighted by Crippen LogP contribution is -2.08. The minimum absolute atomic E-state index is 0.124. The van der Waals surface area contributed by atoms with E-state index in [2.05, 4.69) is 4.98 Å². The molecule has 0 aliphatic carbocycles. The molecule has 0 unspecified atom stereocenters. The Morgan fingerprint density at radius 1 is 1.26 bits per heavy atom. The predicted octanol–water partition coefficient (Wildman–Crippen LogP) is 3.30. The fraction of sp³-hybridized carbons (Fsp3) is 0. The zero-order chi connectivity index (χ0) is 13.4. The first kappa shape index (κ1) is 12.4. The molecular formula is C13H9IN3O2-. The summed E-state index contributed by atoms with van der Waals surface area (Å²) in [7, 11) is 0. The second-order valence-electron chi connectivity index (χ2n) is 4.03. The van der Waals surface area contributed by atoms with Crippen LogP contribution in [0.5, 0.6) is 0 Å². The molecule has 3 rings (SSSR count). The molecule has 2 aromatic heterocycles. The molecule has 1 aromatic carbocycles. The summed E-state index contributed by atoms with van der Waals surface area (Å²) in [6.45, 7) is 0. The third-order valence-electron chi connectivity index (χ3n) is 2.81. The maximum absolute atomic E-state index is 11.1. The van der Waals surface area contributed by atoms with E-state index < -0.39 is 0 Å². The normalized spacial score (nSPS) is 10.9. The van der Waals surface area contributed by atoms with Gasteiger partial charge in [0.05, 0.1) is 11.4 Å². The zero-order valence-electron chi connectivity index (χ0n) is 9.69. The molecule has 0 aliphatic heterocycles. The van der Waals surface area contributed by atoms with Crippen LogP contribution in [0.3, 0.4) is 0 Å². The summed E-state index contributed by atoms with van der Waals surface area (Å²) in [4.78, 5) is 4.47. The monoisotopic (exact) mass is 366 g/mol. The zero-order valence-corrected chi connectivity index (χ0v) is 11.9. The Morgan fingerprint density at radius 2 is 2.11 bits per heavy atom. The standard InChI is InChI=1S/C13H9IN3O2/c14-10-5-4-9(7-12(10)17(18)19)11-8-16-6-2-1-3-13(16)15-11/h1-8,18H/q-1. The number of rotatable bonds is 2. The van der Waals surface area contributed by atoms with Gasteiger partial charge in [0.2, 0.25) is 0 Å². The second-order valence-corrected chi connectivity index (χ2v) is 5.19. The molecule has 0 aliphatic rings. The Kier molecular flexibility index (Phi) is 3.13. The van der Waals surface area contributed by atoms with Gasteiger partial charge in [-0.3, -0.25) is 5.21 Å². The molecule has 6 heteroatoms. The third kappa shape index (κ3) is 2.29. The fourth-order valence-electron chi connectivity index (χ4n) is 1.89. The van der Waals surface area contributed by atoms with Gasteiger partial charge in [-0.25, -0.2) is 4.98 Å². The molecule has 2 heterocycles. The number of aromatic nitrogens is 2. The highest BCUT2D eigenvalue weighted by Gasteiger charge is 2.07. The van der Waals surface area contributed by atoms with E-state index in [1.54, 1.807) is 12.1 Å². The van der Waals surface area contributed by atoms with Crippen LogP contribution in [0.25, 0.3) is 16.9 Å². The van der Waals surface area contributed by atoms with Crippen molar-refractivity contribution in [1.29, 1.82) is 0 Å². The van der Waals surface area contributed by atoms with Crippen molar-refractivity contribution in [2.24, 2.45) is 0 Å². The molecule has 0 amide bonds. The van der Waals surface area contributed by atoms with Gasteiger partial charge in [-0.15, -0.1) is 0 Å². The van der Waals surface area contributed by atoms with Crippen molar-refractivity contribution in [3.8, 4) is 11.3 Å². The highest BCUT2D eigenvalue weighted by molar-refractivity contribution is 14.1. The summed E-state index contributed by atoms with van der Waals surface area (Å²) in [5.41, 5.74) is 2.59. The van der Waals surface area contributed by atoms with Crippen LogP contribution in [0.1, 0.15) is 0 Å². The van der Waals surface area contributed by atoms with E-state index in [-0.39, 0.29) is 10.9 Å². The first-order chi connectivity index (χ1) is 9.15. The SMILES string of the molecule is [O-]N(O)c1cc(-c2cn3ccccc3n2)ccc1I. The first-order valence-electron chi connectivity index (χ1n) is 5.55. The Morgan fingerprint density at radius 3 is 2.84 bits per heavy atom. The van der Waals surface area contributed by atoms with Gasteiger partial charge in [0.15, 0.2) is 0 Å². The van der Waals surface area contributed by atoms with Crippen LogP contribution in [-0.4, -0.2) is 14.6 Å². The van der Waals surface area contributed by atoms with E-state index in [1.807, 2.05) is 63.7 Å². The summed E-state index contributed by atoms with van der Waals surface area (Å²) in [6.07, 6.45) is 3.79. The highest BCUT2D eigenvalue weighted by Crippen LogP contribution is 2.28. The first-order valence-corrected chi connectivity index (χ1v) is 6.63. The molecule has 0 saturated carbocycles. The van der Waals surface area contributed by atoms with E-state index >= 15 is 0 Å². The topological polar surface area (TPSA) is 63.8 Å². The predicted molar refractivity (Wildman–Crippen MR) is 81.0 cm³/mol. The maximum atomic E-state index is 11.1. The van der Waals surface area contributed by atoms with E-state index in [9.17, 15) is 5.21 Å². The van der Waals surface area contributed by atoms with Gasteiger partial charge >= 0.3 is 0 Å². The van der Waals surface area contributed by atoms with Crippen LogP contribution in [-0.2, 0) is 0 Å². The summed E-state index contributed by atoms with van der Waals surface area (Å²) >= 11 is 2.00. The molecule has 0 saturated heterocycles. The Labute approximate surface area is 122 Å². The van der Waals surface area contributed by atoms with Gasteiger partial charge in [-0.1, -0.05) is 12.1 Å². The van der Waals surface area contributed by atoms with Crippen LogP contribution in [0.2, 0.25) is 0 Å². The van der Waals surface area contributed by atoms with Gasteiger partial charge in [-0.05, 0) is 46.9 Å².